The van der Waals surface area contributed by atoms with E-state index in [-0.39, 0.29) is 5.88 Å². The number of hydrogen-bond donors (Lipinski definition) is 2. The van der Waals surface area contributed by atoms with Crippen molar-refractivity contribution in [3.8, 4) is 5.75 Å². The molecule has 1 aromatic carbocycles. The molecule has 62 valence electrons. The molecular weight excluding hydrogens is 158 g/mol. The van der Waals surface area contributed by atoms with Crippen molar-refractivity contribution >= 4 is 6.08 Å². The summed E-state index contributed by atoms with van der Waals surface area (Å²) in [6.45, 7) is 0. The highest BCUT2D eigenvalue weighted by molar-refractivity contribution is 5.59. The smallest absolute Gasteiger partial charge is 0.252 e. The van der Waals surface area contributed by atoms with Gasteiger partial charge < -0.3 is 9.94 Å². The lowest BCUT2D eigenvalue weighted by atomic mass is 10.2. The van der Waals surface area contributed by atoms with E-state index in [2.05, 4.69) is 0 Å². The van der Waals surface area contributed by atoms with Gasteiger partial charge in [-0.1, -0.05) is 18.2 Å². The van der Waals surface area contributed by atoms with Crippen molar-refractivity contribution in [1.29, 1.82) is 0 Å². The Morgan fingerprint density at radius 2 is 2.00 bits per heavy atom. The van der Waals surface area contributed by atoms with Gasteiger partial charge in [-0.3, -0.25) is 5.21 Å². The predicted molar refractivity (Wildman–Crippen MR) is 41.3 cm³/mol. The molecule has 2 rings (SSSR count). The lowest BCUT2D eigenvalue weighted by Crippen LogP contribution is -2.25. The SMILES string of the molecule is OC1=Cc2ccccc2ON1O. The summed E-state index contributed by atoms with van der Waals surface area (Å²) >= 11 is 0. The van der Waals surface area contributed by atoms with E-state index in [1.54, 1.807) is 18.2 Å². The third-order valence-corrected chi connectivity index (χ3v) is 1.58. The van der Waals surface area contributed by atoms with Crippen molar-refractivity contribution in [3.63, 3.8) is 0 Å². The summed E-state index contributed by atoms with van der Waals surface area (Å²) in [6, 6.07) is 7.07. The van der Waals surface area contributed by atoms with Crippen LogP contribution >= 0.6 is 0 Å². The number of rotatable bonds is 0. The van der Waals surface area contributed by atoms with Gasteiger partial charge in [-0.05, 0) is 11.3 Å². The van der Waals surface area contributed by atoms with E-state index in [9.17, 15) is 0 Å². The number of nitrogens with zero attached hydrogens (tertiary/aromatic N) is 1. The van der Waals surface area contributed by atoms with E-state index in [0.717, 1.165) is 5.56 Å². The van der Waals surface area contributed by atoms with Gasteiger partial charge in [0.1, 0.15) is 0 Å². The Balaban J connectivity index is 2.49. The Labute approximate surface area is 68.8 Å². The maximum Gasteiger partial charge on any atom is 0.252 e. The summed E-state index contributed by atoms with van der Waals surface area (Å²) in [6.07, 6.45) is 1.42. The third-order valence-electron chi connectivity index (χ3n) is 1.58. The number of fused-ring (bicyclic) bond motifs is 1. The lowest BCUT2D eigenvalue weighted by molar-refractivity contribution is -0.276. The minimum Gasteiger partial charge on any atom is -0.491 e. The number of para-hydroxylation sites is 1. The molecule has 0 amide bonds. The van der Waals surface area contributed by atoms with Crippen LogP contribution in [0, 0.1) is 0 Å². The standard InChI is InChI=1S/C8H7NO3/c10-8-5-6-3-1-2-4-7(6)12-9(8)11/h1-5,10-11H. The molecule has 1 heterocycles. The van der Waals surface area contributed by atoms with Crippen molar-refractivity contribution in [3.05, 3.63) is 35.7 Å². The summed E-state index contributed by atoms with van der Waals surface area (Å²) in [5, 5.41) is 18.3. The van der Waals surface area contributed by atoms with Gasteiger partial charge in [0.15, 0.2) is 5.75 Å². The van der Waals surface area contributed by atoms with Crippen molar-refractivity contribution in [2.45, 2.75) is 0 Å². The Morgan fingerprint density at radius 1 is 1.25 bits per heavy atom. The minimum absolute atomic E-state index is 0.322. The molecule has 0 aliphatic carbocycles. The van der Waals surface area contributed by atoms with Crippen LogP contribution in [0.2, 0.25) is 0 Å². The molecule has 1 aliphatic heterocycles. The van der Waals surface area contributed by atoms with Gasteiger partial charge in [0.05, 0.1) is 0 Å². The van der Waals surface area contributed by atoms with Crippen LogP contribution in [0.1, 0.15) is 5.56 Å². The number of hydroxylamine groups is 2. The van der Waals surface area contributed by atoms with E-state index >= 15 is 0 Å². The van der Waals surface area contributed by atoms with E-state index in [1.165, 1.54) is 6.08 Å². The highest BCUT2D eigenvalue weighted by Gasteiger charge is 2.15. The predicted octanol–water partition coefficient (Wildman–Crippen LogP) is 1.54. The Hall–Kier alpha value is -1.68. The van der Waals surface area contributed by atoms with Crippen LogP contribution in [-0.4, -0.2) is 15.5 Å². The first-order valence-corrected chi connectivity index (χ1v) is 3.44. The van der Waals surface area contributed by atoms with E-state index < -0.39 is 0 Å². The fourth-order valence-corrected chi connectivity index (χ4v) is 1.02. The molecule has 0 saturated carbocycles. The fourth-order valence-electron chi connectivity index (χ4n) is 1.02. The average molecular weight is 165 g/mol. The van der Waals surface area contributed by atoms with E-state index in [0.29, 0.717) is 11.0 Å². The molecular formula is C8H7NO3. The molecule has 4 nitrogen and oxygen atoms in total. The summed E-state index contributed by atoms with van der Waals surface area (Å²) in [4.78, 5) is 4.81. The summed E-state index contributed by atoms with van der Waals surface area (Å²) in [5.41, 5.74) is 0.736. The topological polar surface area (TPSA) is 52.9 Å². The summed E-state index contributed by atoms with van der Waals surface area (Å²) < 4.78 is 0. The van der Waals surface area contributed by atoms with Gasteiger partial charge in [-0.2, -0.15) is 0 Å². The second kappa shape index (κ2) is 2.42. The fraction of sp³-hybridized carbons (Fsp3) is 0. The van der Waals surface area contributed by atoms with E-state index in [4.69, 9.17) is 15.2 Å². The van der Waals surface area contributed by atoms with Gasteiger partial charge >= 0.3 is 0 Å². The first kappa shape index (κ1) is 7.00. The molecule has 1 aliphatic rings. The molecule has 0 fully saturated rings. The molecule has 12 heavy (non-hydrogen) atoms. The van der Waals surface area contributed by atoms with Crippen LogP contribution in [0.5, 0.6) is 5.75 Å². The second-order valence-electron chi connectivity index (χ2n) is 2.40. The summed E-state index contributed by atoms with van der Waals surface area (Å²) in [7, 11) is 0. The van der Waals surface area contributed by atoms with Gasteiger partial charge in [-0.15, -0.1) is 0 Å². The first-order chi connectivity index (χ1) is 5.77. The van der Waals surface area contributed by atoms with Crippen LogP contribution in [-0.2, 0) is 0 Å². The Morgan fingerprint density at radius 3 is 2.83 bits per heavy atom. The average Bonchev–Trinajstić information content (AvgIpc) is 2.07. The van der Waals surface area contributed by atoms with Crippen LogP contribution in [0.4, 0.5) is 0 Å². The number of benzene rings is 1. The van der Waals surface area contributed by atoms with Crippen LogP contribution in [0.25, 0.3) is 6.08 Å². The summed E-state index contributed by atoms with van der Waals surface area (Å²) in [5.74, 6) is 0.187. The molecule has 0 radical (unpaired) electrons. The lowest BCUT2D eigenvalue weighted by Gasteiger charge is -2.20. The van der Waals surface area contributed by atoms with Gasteiger partial charge in [0, 0.05) is 11.6 Å². The van der Waals surface area contributed by atoms with Crippen molar-refractivity contribution in [2.24, 2.45) is 0 Å². The molecule has 0 unspecified atom stereocenters. The molecule has 0 spiro atoms. The zero-order valence-corrected chi connectivity index (χ0v) is 6.14. The normalized spacial score (nSPS) is 14.8. The quantitative estimate of drug-likeness (QED) is 0.612. The van der Waals surface area contributed by atoms with Crippen molar-refractivity contribution in [2.75, 3.05) is 0 Å². The number of hydrogen-bond acceptors (Lipinski definition) is 4. The van der Waals surface area contributed by atoms with Gasteiger partial charge in [-0.25, -0.2) is 0 Å². The maximum atomic E-state index is 9.04. The monoisotopic (exact) mass is 165 g/mol. The van der Waals surface area contributed by atoms with Crippen LogP contribution < -0.4 is 4.84 Å². The number of aliphatic hydroxyl groups excluding tert-OH is 1. The van der Waals surface area contributed by atoms with Crippen molar-refractivity contribution in [1.82, 2.24) is 5.23 Å². The number of aliphatic hydroxyl groups is 1. The highest BCUT2D eigenvalue weighted by atomic mass is 16.9. The molecule has 4 heteroatoms. The third kappa shape index (κ3) is 0.981. The minimum atomic E-state index is -0.325. The molecule has 1 aromatic rings. The zero-order valence-electron chi connectivity index (χ0n) is 6.14. The maximum absolute atomic E-state index is 9.04. The van der Waals surface area contributed by atoms with E-state index in [1.807, 2.05) is 6.07 Å². The Bertz CT molecular complexity index is 335. The van der Waals surface area contributed by atoms with Crippen LogP contribution in [0.15, 0.2) is 30.1 Å². The largest absolute Gasteiger partial charge is 0.491 e. The molecule has 0 aromatic heterocycles. The highest BCUT2D eigenvalue weighted by Crippen LogP contribution is 2.26. The molecule has 0 bridgehead atoms. The first-order valence-electron chi connectivity index (χ1n) is 3.44. The zero-order chi connectivity index (χ0) is 8.55. The Kier molecular flexibility index (Phi) is 1.41. The van der Waals surface area contributed by atoms with Gasteiger partial charge in [0.2, 0.25) is 0 Å². The molecule has 0 atom stereocenters. The molecule has 0 saturated heterocycles. The van der Waals surface area contributed by atoms with Crippen molar-refractivity contribution < 1.29 is 15.2 Å². The second-order valence-corrected chi connectivity index (χ2v) is 2.40. The van der Waals surface area contributed by atoms with Crippen LogP contribution in [0.3, 0.4) is 0 Å². The van der Waals surface area contributed by atoms with Gasteiger partial charge in [0.25, 0.3) is 5.88 Å². The molecule has 2 N–H and O–H groups in total.